The number of halogens is 6. The van der Waals surface area contributed by atoms with Crippen LogP contribution < -0.4 is 11.2 Å². The van der Waals surface area contributed by atoms with Crippen molar-refractivity contribution in [3.8, 4) is 5.88 Å². The molecule has 0 amide bonds. The van der Waals surface area contributed by atoms with Gasteiger partial charge in [0.15, 0.2) is 0 Å². The Morgan fingerprint density at radius 2 is 1.08 bits per heavy atom. The van der Waals surface area contributed by atoms with E-state index in [9.17, 15) is 41.0 Å². The second kappa shape index (κ2) is 10.5. The lowest BCUT2D eigenvalue weighted by Gasteiger charge is -2.15. The summed E-state index contributed by atoms with van der Waals surface area (Å²) < 4.78 is 78.2. The normalized spacial score (nSPS) is 11.9. The Morgan fingerprint density at radius 1 is 0.703 bits per heavy atom. The standard InChI is InChI=1S/C26H22F6N2O3/c1-16(11-18-3-7-20(8-4-18)25(27,28)29)14-33-22(35)13-23(36)34(24(33)37)15-17(2)12-19-5-9-21(10-6-19)26(30,31)32/h3-10,13,35H,1-2,11-12,14-15H2. The van der Waals surface area contributed by atoms with Gasteiger partial charge in [0.05, 0.1) is 30.3 Å². The molecular weight excluding hydrogens is 502 g/mol. The third-order valence-electron chi connectivity index (χ3n) is 5.49. The molecule has 0 radical (unpaired) electrons. The largest absolute Gasteiger partial charge is 0.494 e. The number of hydrogen-bond acceptors (Lipinski definition) is 3. The average Bonchev–Trinajstić information content (AvgIpc) is 2.79. The first-order chi connectivity index (χ1) is 17.1. The summed E-state index contributed by atoms with van der Waals surface area (Å²) in [7, 11) is 0. The van der Waals surface area contributed by atoms with Crippen molar-refractivity contribution in [1.29, 1.82) is 0 Å². The van der Waals surface area contributed by atoms with Gasteiger partial charge in [-0.15, -0.1) is 0 Å². The minimum absolute atomic E-state index is 0.103. The molecule has 1 N–H and O–H groups in total. The summed E-state index contributed by atoms with van der Waals surface area (Å²) in [5.74, 6) is -0.617. The van der Waals surface area contributed by atoms with Crippen molar-refractivity contribution in [2.75, 3.05) is 0 Å². The van der Waals surface area contributed by atoms with Gasteiger partial charge in [0.1, 0.15) is 0 Å². The molecular formula is C26H22F6N2O3. The summed E-state index contributed by atoms with van der Waals surface area (Å²) in [5, 5.41) is 10.2. The molecule has 0 aliphatic rings. The van der Waals surface area contributed by atoms with Gasteiger partial charge >= 0.3 is 18.0 Å². The molecule has 1 heterocycles. The Balaban J connectivity index is 1.73. The van der Waals surface area contributed by atoms with Gasteiger partial charge in [-0.25, -0.2) is 4.79 Å². The molecule has 0 saturated carbocycles. The van der Waals surface area contributed by atoms with E-state index in [0.717, 1.165) is 39.5 Å². The van der Waals surface area contributed by atoms with Crippen molar-refractivity contribution in [2.45, 2.75) is 38.3 Å². The third-order valence-corrected chi connectivity index (χ3v) is 5.49. The smallest absolute Gasteiger partial charge is 0.416 e. The molecule has 0 aliphatic carbocycles. The number of allylic oxidation sites excluding steroid dienone is 2. The van der Waals surface area contributed by atoms with E-state index in [1.807, 2.05) is 0 Å². The highest BCUT2D eigenvalue weighted by atomic mass is 19.4. The Kier molecular flexibility index (Phi) is 7.85. The van der Waals surface area contributed by atoms with Gasteiger partial charge in [0.25, 0.3) is 5.56 Å². The van der Waals surface area contributed by atoms with Gasteiger partial charge in [-0.05, 0) is 48.2 Å². The van der Waals surface area contributed by atoms with Gasteiger partial charge in [-0.2, -0.15) is 26.3 Å². The second-order valence-corrected chi connectivity index (χ2v) is 8.54. The molecule has 0 atom stereocenters. The van der Waals surface area contributed by atoms with E-state index in [4.69, 9.17) is 0 Å². The quantitative estimate of drug-likeness (QED) is 0.319. The lowest BCUT2D eigenvalue weighted by atomic mass is 10.0. The number of hydrogen-bond donors (Lipinski definition) is 1. The van der Waals surface area contributed by atoms with Crippen LogP contribution in [0.2, 0.25) is 0 Å². The molecule has 0 saturated heterocycles. The highest BCUT2D eigenvalue weighted by molar-refractivity contribution is 5.29. The fraction of sp³-hybridized carbons (Fsp3) is 0.231. The maximum Gasteiger partial charge on any atom is 0.416 e. The maximum absolute atomic E-state index is 12.9. The molecule has 0 unspecified atom stereocenters. The van der Waals surface area contributed by atoms with Crippen molar-refractivity contribution >= 4 is 0 Å². The van der Waals surface area contributed by atoms with Gasteiger partial charge < -0.3 is 5.11 Å². The molecule has 0 spiro atoms. The molecule has 0 aliphatic heterocycles. The van der Waals surface area contributed by atoms with E-state index < -0.39 is 40.6 Å². The summed E-state index contributed by atoms with van der Waals surface area (Å²) >= 11 is 0. The van der Waals surface area contributed by atoms with Gasteiger partial charge in [-0.3, -0.25) is 13.9 Å². The van der Waals surface area contributed by atoms with Crippen LogP contribution in [-0.4, -0.2) is 14.2 Å². The van der Waals surface area contributed by atoms with Crippen molar-refractivity contribution in [3.05, 3.63) is 122 Å². The molecule has 5 nitrogen and oxygen atoms in total. The fourth-order valence-electron chi connectivity index (χ4n) is 3.66. The molecule has 196 valence electrons. The van der Waals surface area contributed by atoms with E-state index in [1.54, 1.807) is 0 Å². The summed E-state index contributed by atoms with van der Waals surface area (Å²) in [6, 6.07) is 9.64. The van der Waals surface area contributed by atoms with E-state index in [1.165, 1.54) is 24.3 Å². The summed E-state index contributed by atoms with van der Waals surface area (Å²) in [5.41, 5.74) is -1.55. The van der Waals surface area contributed by atoms with Crippen molar-refractivity contribution in [2.24, 2.45) is 0 Å². The van der Waals surface area contributed by atoms with E-state index in [-0.39, 0.29) is 25.9 Å². The SMILES string of the molecule is C=C(Cc1ccc(C(F)(F)F)cc1)Cn1c(O)cc(=O)n(CC(=C)Cc2ccc(C(F)(F)F)cc2)c1=O. The first kappa shape index (κ1) is 27.6. The lowest BCUT2D eigenvalue weighted by Crippen LogP contribution is -2.40. The fourth-order valence-corrected chi connectivity index (χ4v) is 3.66. The number of benzene rings is 2. The van der Waals surface area contributed by atoms with Crippen LogP contribution in [0.3, 0.4) is 0 Å². The van der Waals surface area contributed by atoms with E-state index >= 15 is 0 Å². The van der Waals surface area contributed by atoms with Crippen LogP contribution >= 0.6 is 0 Å². The summed E-state index contributed by atoms with van der Waals surface area (Å²) in [6.45, 7) is 7.16. The zero-order chi connectivity index (χ0) is 27.5. The van der Waals surface area contributed by atoms with Crippen LogP contribution in [0.15, 0.2) is 88.5 Å². The number of aromatic hydroxyl groups is 1. The molecule has 37 heavy (non-hydrogen) atoms. The number of nitrogens with zero attached hydrogens (tertiary/aromatic N) is 2. The predicted molar refractivity (Wildman–Crippen MR) is 125 cm³/mol. The maximum atomic E-state index is 12.9. The highest BCUT2D eigenvalue weighted by Gasteiger charge is 2.30. The zero-order valence-electron chi connectivity index (χ0n) is 19.4. The Bertz CT molecular complexity index is 1410. The van der Waals surface area contributed by atoms with E-state index in [2.05, 4.69) is 13.2 Å². The monoisotopic (exact) mass is 524 g/mol. The van der Waals surface area contributed by atoms with Crippen LogP contribution in [0.1, 0.15) is 22.3 Å². The second-order valence-electron chi connectivity index (χ2n) is 8.54. The van der Waals surface area contributed by atoms with Crippen LogP contribution in [0.25, 0.3) is 0 Å². The predicted octanol–water partition coefficient (Wildman–Crippen LogP) is 5.35. The number of aromatic nitrogens is 2. The highest BCUT2D eigenvalue weighted by Crippen LogP contribution is 2.30. The van der Waals surface area contributed by atoms with Crippen LogP contribution in [0.5, 0.6) is 5.88 Å². The van der Waals surface area contributed by atoms with Crippen LogP contribution in [0, 0.1) is 0 Å². The number of alkyl halides is 6. The minimum Gasteiger partial charge on any atom is -0.494 e. The van der Waals surface area contributed by atoms with Crippen molar-refractivity contribution in [3.63, 3.8) is 0 Å². The molecule has 2 aromatic carbocycles. The lowest BCUT2D eigenvalue weighted by molar-refractivity contribution is -0.138. The minimum atomic E-state index is -4.48. The number of rotatable bonds is 8. The van der Waals surface area contributed by atoms with Crippen molar-refractivity contribution < 1.29 is 31.4 Å². The van der Waals surface area contributed by atoms with Gasteiger partial charge in [0, 0.05) is 0 Å². The third kappa shape index (κ3) is 7.02. The Labute approximate surface area is 207 Å². The van der Waals surface area contributed by atoms with Crippen molar-refractivity contribution in [1.82, 2.24) is 9.13 Å². The average molecular weight is 524 g/mol. The van der Waals surface area contributed by atoms with Gasteiger partial charge in [-0.1, -0.05) is 48.6 Å². The van der Waals surface area contributed by atoms with Crippen LogP contribution in [-0.2, 0) is 38.3 Å². The van der Waals surface area contributed by atoms with Gasteiger partial charge in [0.2, 0.25) is 5.88 Å². The molecule has 3 rings (SSSR count). The van der Waals surface area contributed by atoms with E-state index in [0.29, 0.717) is 22.3 Å². The Hall–Kier alpha value is -4.02. The molecule has 0 fully saturated rings. The summed E-state index contributed by atoms with van der Waals surface area (Å²) in [4.78, 5) is 25.3. The molecule has 1 aromatic heterocycles. The van der Waals surface area contributed by atoms with Crippen LogP contribution in [0.4, 0.5) is 26.3 Å². The Morgan fingerprint density at radius 3 is 1.46 bits per heavy atom. The summed E-state index contributed by atoms with van der Waals surface area (Å²) in [6.07, 6.45) is -8.73. The first-order valence-corrected chi connectivity index (χ1v) is 10.8. The zero-order valence-corrected chi connectivity index (χ0v) is 19.4. The molecule has 0 bridgehead atoms. The molecule has 11 heteroatoms. The first-order valence-electron chi connectivity index (χ1n) is 10.8. The molecule has 3 aromatic rings. The topological polar surface area (TPSA) is 64.2 Å².